The molecule has 0 amide bonds. The van der Waals surface area contributed by atoms with Gasteiger partial charge < -0.3 is 31.9 Å². The minimum atomic E-state index is -0.833. The van der Waals surface area contributed by atoms with Crippen LogP contribution < -0.4 is 11.5 Å². The topological polar surface area (TPSA) is 167 Å². The standard InChI is InChI=1S/2C2H7NO.C2H4O2.CH2O2/c2*3-1-2-4;1-2(3)4;2-1-3/h2*4H,1-3H2;1H3,(H,3,4);1H,(H,2,3). The lowest BCUT2D eigenvalue weighted by Crippen LogP contribution is -2.02. The molecule has 0 saturated heterocycles. The molecule has 0 aromatic carbocycles. The highest BCUT2D eigenvalue weighted by Gasteiger charge is 1.65. The quantitative estimate of drug-likeness (QED) is 0.286. The van der Waals surface area contributed by atoms with Gasteiger partial charge in [-0.15, -0.1) is 0 Å². The number of hydrogen-bond donors (Lipinski definition) is 6. The van der Waals surface area contributed by atoms with E-state index in [1.165, 1.54) is 0 Å². The van der Waals surface area contributed by atoms with E-state index in [1.54, 1.807) is 0 Å². The van der Waals surface area contributed by atoms with E-state index in [4.69, 9.17) is 41.5 Å². The molecule has 0 aliphatic carbocycles. The van der Waals surface area contributed by atoms with Crippen LogP contribution in [0, 0.1) is 0 Å². The summed E-state index contributed by atoms with van der Waals surface area (Å²) in [5.41, 5.74) is 9.56. The average Bonchev–Trinajstić information content (AvgIpc) is 2.18. The second-order valence-corrected chi connectivity index (χ2v) is 1.65. The first-order chi connectivity index (χ1) is 6.97. The highest BCUT2D eigenvalue weighted by atomic mass is 16.4. The summed E-state index contributed by atoms with van der Waals surface area (Å²) in [6.45, 7) is 1.78. The second-order valence-electron chi connectivity index (χ2n) is 1.65. The Hall–Kier alpha value is -1.22. The number of rotatable bonds is 2. The lowest BCUT2D eigenvalue weighted by molar-refractivity contribution is -0.134. The van der Waals surface area contributed by atoms with Crippen LogP contribution in [0.1, 0.15) is 6.92 Å². The summed E-state index contributed by atoms with van der Waals surface area (Å²) in [4.78, 5) is 17.4. The van der Waals surface area contributed by atoms with Crippen molar-refractivity contribution in [3.63, 3.8) is 0 Å². The van der Waals surface area contributed by atoms with E-state index >= 15 is 0 Å². The molecule has 0 atom stereocenters. The van der Waals surface area contributed by atoms with Crippen molar-refractivity contribution in [2.24, 2.45) is 11.5 Å². The summed E-state index contributed by atoms with van der Waals surface area (Å²) in [6.07, 6.45) is 0. The van der Waals surface area contributed by atoms with Gasteiger partial charge in [-0.05, 0) is 0 Å². The molecule has 0 spiro atoms. The predicted molar refractivity (Wildman–Crippen MR) is 54.3 cm³/mol. The number of carbonyl (C=O) groups is 2. The summed E-state index contributed by atoms with van der Waals surface area (Å²) in [6, 6.07) is 0. The van der Waals surface area contributed by atoms with Crippen LogP contribution in [0.25, 0.3) is 0 Å². The van der Waals surface area contributed by atoms with Crippen LogP contribution in [0.3, 0.4) is 0 Å². The molecule has 94 valence electrons. The largest absolute Gasteiger partial charge is 0.483 e. The average molecular weight is 228 g/mol. The van der Waals surface area contributed by atoms with E-state index in [1.807, 2.05) is 0 Å². The van der Waals surface area contributed by atoms with Crippen LogP contribution in [0.2, 0.25) is 0 Å². The van der Waals surface area contributed by atoms with E-state index in [0.29, 0.717) is 13.1 Å². The van der Waals surface area contributed by atoms with Crippen molar-refractivity contribution in [3.8, 4) is 0 Å². The molecule has 0 rings (SSSR count). The summed E-state index contributed by atoms with van der Waals surface area (Å²) >= 11 is 0. The number of carboxylic acids is 1. The number of nitrogens with two attached hydrogens (primary N) is 2. The minimum Gasteiger partial charge on any atom is -0.483 e. The zero-order chi connectivity index (χ0) is 13.1. The molecule has 0 aliphatic rings. The SMILES string of the molecule is CC(=O)O.NCCO.NCCO.O=CO. The summed E-state index contributed by atoms with van der Waals surface area (Å²) in [5.74, 6) is -0.833. The number of hydrogen-bond acceptors (Lipinski definition) is 6. The van der Waals surface area contributed by atoms with E-state index < -0.39 is 5.97 Å². The first-order valence-corrected chi connectivity index (χ1v) is 3.87. The van der Waals surface area contributed by atoms with Gasteiger partial charge in [-0.1, -0.05) is 0 Å². The van der Waals surface area contributed by atoms with Gasteiger partial charge in [0.05, 0.1) is 13.2 Å². The molecule has 0 fully saturated rings. The Morgan fingerprint density at radius 2 is 1.27 bits per heavy atom. The number of aliphatic carboxylic acids is 1. The van der Waals surface area contributed by atoms with Crippen LogP contribution in [0.15, 0.2) is 0 Å². The molecule has 0 bridgehead atoms. The lowest BCUT2D eigenvalue weighted by Gasteiger charge is -1.71. The molecule has 8 heteroatoms. The Morgan fingerprint density at radius 1 is 1.20 bits per heavy atom. The predicted octanol–water partition coefficient (Wildman–Crippen LogP) is -2.33. The van der Waals surface area contributed by atoms with Crippen molar-refractivity contribution in [2.45, 2.75) is 6.92 Å². The minimum absolute atomic E-state index is 0.0972. The molecule has 0 heterocycles. The Labute approximate surface area is 88.1 Å². The number of aliphatic hydroxyl groups excluding tert-OH is 2. The van der Waals surface area contributed by atoms with E-state index in [9.17, 15) is 0 Å². The summed E-state index contributed by atoms with van der Waals surface area (Å²) in [5, 5.41) is 29.8. The third-order valence-electron chi connectivity index (χ3n) is 0.258. The molecule has 0 unspecified atom stereocenters. The van der Waals surface area contributed by atoms with E-state index in [2.05, 4.69) is 0 Å². The second kappa shape index (κ2) is 38.6. The van der Waals surface area contributed by atoms with Crippen molar-refractivity contribution in [1.82, 2.24) is 0 Å². The van der Waals surface area contributed by atoms with Gasteiger partial charge in [0.1, 0.15) is 0 Å². The first-order valence-electron chi connectivity index (χ1n) is 3.87. The highest BCUT2D eigenvalue weighted by Crippen LogP contribution is 1.42. The maximum absolute atomic E-state index is 9.00. The van der Waals surface area contributed by atoms with Gasteiger partial charge >= 0.3 is 0 Å². The Morgan fingerprint density at radius 3 is 1.27 bits per heavy atom. The molecule has 0 aromatic rings. The highest BCUT2D eigenvalue weighted by molar-refractivity contribution is 5.62. The van der Waals surface area contributed by atoms with Crippen molar-refractivity contribution < 1.29 is 30.0 Å². The molecule has 0 saturated carbocycles. The van der Waals surface area contributed by atoms with E-state index in [0.717, 1.165) is 6.92 Å². The van der Waals surface area contributed by atoms with Gasteiger partial charge in [-0.3, -0.25) is 9.59 Å². The Bertz CT molecular complexity index is 99.7. The fraction of sp³-hybridized carbons (Fsp3) is 0.714. The lowest BCUT2D eigenvalue weighted by atomic mass is 10.8. The number of carboxylic acid groups (broad SMARTS) is 2. The third kappa shape index (κ3) is 2440. The van der Waals surface area contributed by atoms with Crippen LogP contribution in [0.5, 0.6) is 0 Å². The summed E-state index contributed by atoms with van der Waals surface area (Å²) in [7, 11) is 0. The molecule has 8 N–H and O–H groups in total. The van der Waals surface area contributed by atoms with Gasteiger partial charge in [-0.2, -0.15) is 0 Å². The van der Waals surface area contributed by atoms with Gasteiger partial charge in [0.2, 0.25) is 0 Å². The van der Waals surface area contributed by atoms with Crippen molar-refractivity contribution >= 4 is 12.4 Å². The molecule has 0 aliphatic heterocycles. The third-order valence-corrected chi connectivity index (χ3v) is 0.258. The van der Waals surface area contributed by atoms with Crippen LogP contribution in [-0.2, 0) is 9.59 Å². The monoisotopic (exact) mass is 228 g/mol. The van der Waals surface area contributed by atoms with Crippen LogP contribution in [0.4, 0.5) is 0 Å². The Kier molecular flexibility index (Phi) is 60.5. The molecular weight excluding hydrogens is 208 g/mol. The first kappa shape index (κ1) is 23.5. The normalized spacial score (nSPS) is 6.47. The van der Waals surface area contributed by atoms with Gasteiger partial charge in [0.15, 0.2) is 0 Å². The fourth-order valence-corrected chi connectivity index (χ4v) is 0. The molecule has 15 heavy (non-hydrogen) atoms. The van der Waals surface area contributed by atoms with Crippen molar-refractivity contribution in [3.05, 3.63) is 0 Å². The molecule has 0 radical (unpaired) electrons. The van der Waals surface area contributed by atoms with Gasteiger partial charge in [0, 0.05) is 20.0 Å². The van der Waals surface area contributed by atoms with Crippen LogP contribution >= 0.6 is 0 Å². The van der Waals surface area contributed by atoms with Crippen molar-refractivity contribution in [1.29, 1.82) is 0 Å². The fourth-order valence-electron chi connectivity index (χ4n) is 0. The molecular formula is C7H20N2O6. The van der Waals surface area contributed by atoms with Crippen LogP contribution in [-0.4, -0.2) is 59.2 Å². The zero-order valence-corrected chi connectivity index (χ0v) is 8.67. The van der Waals surface area contributed by atoms with E-state index in [-0.39, 0.29) is 19.7 Å². The van der Waals surface area contributed by atoms with Gasteiger partial charge in [0.25, 0.3) is 12.4 Å². The molecule has 0 aromatic heterocycles. The smallest absolute Gasteiger partial charge is 0.300 e. The van der Waals surface area contributed by atoms with Gasteiger partial charge in [-0.25, -0.2) is 0 Å². The maximum atomic E-state index is 9.00. The number of aliphatic hydroxyl groups is 2. The summed E-state index contributed by atoms with van der Waals surface area (Å²) < 4.78 is 0. The Balaban J connectivity index is -0.0000000542. The van der Waals surface area contributed by atoms with Crippen molar-refractivity contribution in [2.75, 3.05) is 26.3 Å². The maximum Gasteiger partial charge on any atom is 0.300 e. The zero-order valence-electron chi connectivity index (χ0n) is 8.67. The molecule has 8 nitrogen and oxygen atoms in total.